The Morgan fingerprint density at radius 1 is 1.10 bits per heavy atom. The van der Waals surface area contributed by atoms with Gasteiger partial charge in [0.1, 0.15) is 0 Å². The molecule has 4 aliphatic rings. The van der Waals surface area contributed by atoms with E-state index < -0.39 is 0 Å². The van der Waals surface area contributed by atoms with Crippen molar-refractivity contribution >= 4 is 0 Å². The topological polar surface area (TPSA) is 38.0 Å². The second-order valence-electron chi connectivity index (χ2n) is 8.27. The van der Waals surface area contributed by atoms with Crippen molar-refractivity contribution in [1.82, 2.24) is 9.78 Å². The van der Waals surface area contributed by atoms with E-state index in [-0.39, 0.29) is 11.5 Å². The van der Waals surface area contributed by atoms with Gasteiger partial charge >= 0.3 is 0 Å². The molecule has 116 valence electrons. The Kier molecular flexibility index (Phi) is 3.01. The Labute approximate surface area is 127 Å². The summed E-state index contributed by atoms with van der Waals surface area (Å²) in [4.78, 5) is 0. The molecule has 1 aromatic heterocycles. The van der Waals surface area contributed by atoms with Crippen LogP contribution in [0.1, 0.15) is 55.5 Å². The minimum Gasteiger partial charge on any atom is -0.391 e. The molecule has 4 saturated carbocycles. The van der Waals surface area contributed by atoms with Gasteiger partial charge in [0, 0.05) is 5.69 Å². The summed E-state index contributed by atoms with van der Waals surface area (Å²) in [5, 5.41) is 15.7. The van der Waals surface area contributed by atoms with Crippen LogP contribution in [-0.2, 0) is 6.54 Å². The van der Waals surface area contributed by atoms with Crippen LogP contribution in [0.3, 0.4) is 0 Å². The minimum atomic E-state index is -0.219. The predicted molar refractivity (Wildman–Crippen MR) is 83.0 cm³/mol. The van der Waals surface area contributed by atoms with E-state index in [4.69, 9.17) is 0 Å². The summed E-state index contributed by atoms with van der Waals surface area (Å²) >= 11 is 0. The van der Waals surface area contributed by atoms with Crippen LogP contribution in [0.15, 0.2) is 0 Å². The van der Waals surface area contributed by atoms with Crippen molar-refractivity contribution in [3.8, 4) is 0 Å². The SMILES string of the molecule is Cc1nn(CC(O)C23CC4CC(CC(C4)C2)C3)c(C)c1C. The van der Waals surface area contributed by atoms with Gasteiger partial charge in [0.25, 0.3) is 0 Å². The maximum atomic E-state index is 11.0. The average Bonchev–Trinajstić information content (AvgIpc) is 2.65. The van der Waals surface area contributed by atoms with Crippen molar-refractivity contribution in [1.29, 1.82) is 0 Å². The molecule has 0 amide bonds. The first-order valence-corrected chi connectivity index (χ1v) is 8.65. The van der Waals surface area contributed by atoms with Gasteiger partial charge in [-0.15, -0.1) is 0 Å². The van der Waals surface area contributed by atoms with Crippen molar-refractivity contribution < 1.29 is 5.11 Å². The smallest absolute Gasteiger partial charge is 0.0792 e. The van der Waals surface area contributed by atoms with Crippen molar-refractivity contribution in [3.63, 3.8) is 0 Å². The number of aryl methyl sites for hydroxylation is 1. The minimum absolute atomic E-state index is 0.203. The first-order valence-electron chi connectivity index (χ1n) is 8.65. The van der Waals surface area contributed by atoms with Gasteiger partial charge in [-0.2, -0.15) is 5.10 Å². The Hall–Kier alpha value is -0.830. The van der Waals surface area contributed by atoms with Crippen LogP contribution in [0.5, 0.6) is 0 Å². The predicted octanol–water partition coefficient (Wildman–Crippen LogP) is 3.39. The van der Waals surface area contributed by atoms with E-state index in [1.54, 1.807) is 0 Å². The Morgan fingerprint density at radius 3 is 2.05 bits per heavy atom. The highest BCUT2D eigenvalue weighted by Gasteiger charge is 2.54. The second-order valence-corrected chi connectivity index (χ2v) is 8.27. The fourth-order valence-electron chi connectivity index (χ4n) is 5.91. The highest BCUT2D eigenvalue weighted by molar-refractivity contribution is 5.22. The maximum absolute atomic E-state index is 11.0. The molecule has 0 radical (unpaired) electrons. The van der Waals surface area contributed by atoms with Crippen LogP contribution in [0, 0.1) is 43.9 Å². The highest BCUT2D eigenvalue weighted by atomic mass is 16.3. The summed E-state index contributed by atoms with van der Waals surface area (Å²) in [5.74, 6) is 2.69. The first-order chi connectivity index (χ1) is 9.97. The summed E-state index contributed by atoms with van der Waals surface area (Å²) in [5.41, 5.74) is 3.80. The molecule has 21 heavy (non-hydrogen) atoms. The summed E-state index contributed by atoms with van der Waals surface area (Å²) in [7, 11) is 0. The molecule has 1 heterocycles. The number of hydrogen-bond donors (Lipinski definition) is 1. The van der Waals surface area contributed by atoms with Gasteiger partial charge in [-0.1, -0.05) is 0 Å². The third-order valence-electron chi connectivity index (χ3n) is 6.88. The largest absolute Gasteiger partial charge is 0.391 e. The van der Waals surface area contributed by atoms with Gasteiger partial charge in [0.15, 0.2) is 0 Å². The van der Waals surface area contributed by atoms with Crippen molar-refractivity contribution in [2.75, 3.05) is 0 Å². The molecule has 1 N–H and O–H groups in total. The van der Waals surface area contributed by atoms with E-state index in [0.717, 1.165) is 23.4 Å². The van der Waals surface area contributed by atoms with E-state index in [1.165, 1.54) is 49.8 Å². The van der Waals surface area contributed by atoms with Crippen LogP contribution in [-0.4, -0.2) is 21.0 Å². The summed E-state index contributed by atoms with van der Waals surface area (Å²) in [6.07, 6.45) is 7.87. The zero-order valence-corrected chi connectivity index (χ0v) is 13.6. The zero-order valence-electron chi connectivity index (χ0n) is 13.6. The number of aliphatic hydroxyl groups is 1. The fraction of sp³-hybridized carbons (Fsp3) is 0.833. The van der Waals surface area contributed by atoms with E-state index in [1.807, 2.05) is 4.68 Å². The van der Waals surface area contributed by atoms with Crippen LogP contribution in [0.25, 0.3) is 0 Å². The number of aromatic nitrogens is 2. The van der Waals surface area contributed by atoms with Gasteiger partial charge in [0.05, 0.1) is 18.3 Å². The molecule has 1 unspecified atom stereocenters. The van der Waals surface area contributed by atoms with E-state index in [9.17, 15) is 5.11 Å². The summed E-state index contributed by atoms with van der Waals surface area (Å²) in [6, 6.07) is 0. The number of hydrogen-bond acceptors (Lipinski definition) is 2. The van der Waals surface area contributed by atoms with E-state index >= 15 is 0 Å². The third kappa shape index (κ3) is 2.08. The standard InChI is InChI=1S/C18H28N2O/c1-11-12(2)19-20(13(11)3)10-17(21)18-7-14-4-15(8-18)6-16(5-14)9-18/h14-17,21H,4-10H2,1-3H3. The molecular weight excluding hydrogens is 260 g/mol. The van der Waals surface area contributed by atoms with Crippen LogP contribution < -0.4 is 0 Å². The van der Waals surface area contributed by atoms with Gasteiger partial charge < -0.3 is 5.11 Å². The fourth-order valence-corrected chi connectivity index (χ4v) is 5.91. The van der Waals surface area contributed by atoms with E-state index in [2.05, 4.69) is 25.9 Å². The lowest BCUT2D eigenvalue weighted by molar-refractivity contribution is -0.125. The molecule has 0 aliphatic heterocycles. The molecule has 4 bridgehead atoms. The van der Waals surface area contributed by atoms with Crippen LogP contribution >= 0.6 is 0 Å². The van der Waals surface area contributed by atoms with Crippen LogP contribution in [0.2, 0.25) is 0 Å². The van der Waals surface area contributed by atoms with Gasteiger partial charge in [-0.25, -0.2) is 0 Å². The van der Waals surface area contributed by atoms with E-state index in [0.29, 0.717) is 6.54 Å². The molecular formula is C18H28N2O. The molecule has 3 heteroatoms. The maximum Gasteiger partial charge on any atom is 0.0792 e. The number of aliphatic hydroxyl groups excluding tert-OH is 1. The van der Waals surface area contributed by atoms with Gasteiger partial charge in [-0.05, 0) is 88.0 Å². The quantitative estimate of drug-likeness (QED) is 0.926. The Balaban J connectivity index is 1.57. The molecule has 4 aliphatic carbocycles. The van der Waals surface area contributed by atoms with Crippen molar-refractivity contribution in [3.05, 3.63) is 17.0 Å². The first kappa shape index (κ1) is 13.8. The lowest BCUT2D eigenvalue weighted by Crippen LogP contribution is -2.52. The molecule has 0 saturated heterocycles. The molecule has 1 atom stereocenters. The molecule has 1 aromatic rings. The molecule has 5 rings (SSSR count). The van der Waals surface area contributed by atoms with Crippen molar-refractivity contribution in [2.45, 2.75) is 71.9 Å². The zero-order chi connectivity index (χ0) is 14.8. The lowest BCUT2D eigenvalue weighted by Gasteiger charge is -2.58. The molecule has 0 aromatic carbocycles. The molecule has 4 fully saturated rings. The number of nitrogens with zero attached hydrogens (tertiary/aromatic N) is 2. The van der Waals surface area contributed by atoms with Crippen molar-refractivity contribution in [2.24, 2.45) is 23.2 Å². The normalized spacial score (nSPS) is 39.0. The summed E-state index contributed by atoms with van der Waals surface area (Å²) < 4.78 is 2.05. The second kappa shape index (κ2) is 4.58. The monoisotopic (exact) mass is 288 g/mol. The summed E-state index contributed by atoms with van der Waals surface area (Å²) in [6.45, 7) is 7.01. The highest BCUT2D eigenvalue weighted by Crippen LogP contribution is 2.61. The molecule has 3 nitrogen and oxygen atoms in total. The Bertz CT molecular complexity index is 525. The Morgan fingerprint density at radius 2 is 1.62 bits per heavy atom. The van der Waals surface area contributed by atoms with Gasteiger partial charge in [0.2, 0.25) is 0 Å². The lowest BCUT2D eigenvalue weighted by atomic mass is 9.48. The van der Waals surface area contributed by atoms with Gasteiger partial charge in [-0.3, -0.25) is 4.68 Å². The average molecular weight is 288 g/mol. The number of rotatable bonds is 3. The van der Waals surface area contributed by atoms with Crippen LogP contribution in [0.4, 0.5) is 0 Å². The molecule has 0 spiro atoms. The third-order valence-corrected chi connectivity index (χ3v) is 6.88.